The Morgan fingerprint density at radius 1 is 1.12 bits per heavy atom. The number of rotatable bonds is 7. The van der Waals surface area contributed by atoms with Gasteiger partial charge in [0.25, 0.3) is 5.91 Å². The molecule has 1 aliphatic heterocycles. The minimum atomic E-state index is -0.799. The van der Waals surface area contributed by atoms with Gasteiger partial charge in [-0.3, -0.25) is 19.3 Å². The molecular formula is C20H29NO4. The van der Waals surface area contributed by atoms with Gasteiger partial charge in [0.15, 0.2) is 5.78 Å². The topological polar surface area (TPSA) is 74.7 Å². The van der Waals surface area contributed by atoms with Gasteiger partial charge < -0.3 is 5.11 Å². The maximum atomic E-state index is 12.7. The van der Waals surface area contributed by atoms with E-state index in [1.165, 1.54) is 0 Å². The number of nitrogens with zero attached hydrogens (tertiary/aromatic N) is 1. The molecule has 1 heterocycles. The van der Waals surface area contributed by atoms with E-state index in [0.29, 0.717) is 6.42 Å². The van der Waals surface area contributed by atoms with Crippen LogP contribution in [0.25, 0.3) is 0 Å². The summed E-state index contributed by atoms with van der Waals surface area (Å²) in [5.74, 6) is -1.71. The first-order valence-electron chi connectivity index (χ1n) is 8.65. The van der Waals surface area contributed by atoms with Crippen LogP contribution < -0.4 is 0 Å². The summed E-state index contributed by atoms with van der Waals surface area (Å²) in [6, 6.07) is -0.799. The van der Waals surface area contributed by atoms with Crippen LogP contribution in [-0.2, 0) is 14.4 Å². The van der Waals surface area contributed by atoms with E-state index in [-0.39, 0.29) is 30.1 Å². The van der Waals surface area contributed by atoms with E-state index in [2.05, 4.69) is 0 Å². The van der Waals surface area contributed by atoms with Gasteiger partial charge >= 0.3 is 0 Å². The Labute approximate surface area is 150 Å². The second kappa shape index (κ2) is 8.79. The lowest BCUT2D eigenvalue weighted by molar-refractivity contribution is -0.143. The zero-order chi connectivity index (χ0) is 19.3. The zero-order valence-corrected chi connectivity index (χ0v) is 16.0. The molecule has 0 bridgehead atoms. The number of allylic oxidation sites excluding steroid dienone is 2. The highest BCUT2D eigenvalue weighted by Crippen LogP contribution is 2.30. The number of hydrogen-bond acceptors (Lipinski definition) is 4. The maximum Gasteiger partial charge on any atom is 0.268 e. The minimum Gasteiger partial charge on any atom is -0.509 e. The zero-order valence-electron chi connectivity index (χ0n) is 16.0. The number of aliphatic hydroxyl groups excluding tert-OH is 1. The van der Waals surface area contributed by atoms with Crippen molar-refractivity contribution in [2.75, 3.05) is 0 Å². The third-order valence-electron chi connectivity index (χ3n) is 3.89. The molecule has 0 aromatic rings. The van der Waals surface area contributed by atoms with Crippen LogP contribution >= 0.6 is 0 Å². The first kappa shape index (κ1) is 20.9. The van der Waals surface area contributed by atoms with Crippen molar-refractivity contribution in [3.8, 4) is 0 Å². The summed E-state index contributed by atoms with van der Waals surface area (Å²) in [5.41, 5.74) is 1.75. The summed E-state index contributed by atoms with van der Waals surface area (Å²) in [6.07, 6.45) is 4.12. The van der Waals surface area contributed by atoms with Crippen LogP contribution in [0.15, 0.2) is 34.6 Å². The molecule has 0 radical (unpaired) electrons. The third kappa shape index (κ3) is 5.41. The number of amides is 2. The van der Waals surface area contributed by atoms with Crippen molar-refractivity contribution in [3.63, 3.8) is 0 Å². The summed E-state index contributed by atoms with van der Waals surface area (Å²) < 4.78 is 0. The lowest BCUT2D eigenvalue weighted by Crippen LogP contribution is -2.41. The number of imide groups is 1. The molecule has 5 heteroatoms. The predicted octanol–water partition coefficient (Wildman–Crippen LogP) is 3.86. The van der Waals surface area contributed by atoms with Crippen LogP contribution in [0.1, 0.15) is 60.8 Å². The first-order valence-corrected chi connectivity index (χ1v) is 8.65. The number of aliphatic hydroxyl groups is 1. The Kier molecular flexibility index (Phi) is 7.34. The summed E-state index contributed by atoms with van der Waals surface area (Å²) in [7, 11) is 0. The van der Waals surface area contributed by atoms with Crippen molar-refractivity contribution in [2.45, 2.75) is 66.8 Å². The van der Waals surface area contributed by atoms with Gasteiger partial charge in [-0.25, -0.2) is 0 Å². The van der Waals surface area contributed by atoms with Crippen molar-refractivity contribution in [1.82, 2.24) is 4.90 Å². The largest absolute Gasteiger partial charge is 0.509 e. The van der Waals surface area contributed by atoms with Gasteiger partial charge in [-0.1, -0.05) is 37.1 Å². The third-order valence-corrected chi connectivity index (χ3v) is 3.89. The highest BCUT2D eigenvalue weighted by atomic mass is 16.3. The van der Waals surface area contributed by atoms with Gasteiger partial charge in [-0.2, -0.15) is 0 Å². The molecule has 0 aliphatic carbocycles. The molecule has 1 atom stereocenters. The molecule has 0 spiro atoms. The summed E-state index contributed by atoms with van der Waals surface area (Å²) >= 11 is 0. The van der Waals surface area contributed by atoms with Crippen LogP contribution in [0.4, 0.5) is 0 Å². The minimum absolute atomic E-state index is 0.0623. The molecule has 0 fully saturated rings. The van der Waals surface area contributed by atoms with E-state index >= 15 is 0 Å². The van der Waals surface area contributed by atoms with Gasteiger partial charge in [0, 0.05) is 12.8 Å². The lowest BCUT2D eigenvalue weighted by Gasteiger charge is -2.22. The summed E-state index contributed by atoms with van der Waals surface area (Å²) in [6.45, 7) is 11.3. The van der Waals surface area contributed by atoms with E-state index in [1.54, 1.807) is 6.08 Å². The monoisotopic (exact) mass is 347 g/mol. The fraction of sp³-hybridized carbons (Fsp3) is 0.550. The number of carbonyl (C=O) groups excluding carboxylic acids is 3. The van der Waals surface area contributed by atoms with Crippen molar-refractivity contribution in [2.24, 2.45) is 5.92 Å². The molecule has 0 unspecified atom stereocenters. The summed E-state index contributed by atoms with van der Waals surface area (Å²) in [5, 5.41) is 10.5. The van der Waals surface area contributed by atoms with E-state index in [4.69, 9.17) is 0 Å². The van der Waals surface area contributed by atoms with Crippen LogP contribution in [0.3, 0.4) is 0 Å². The van der Waals surface area contributed by atoms with E-state index < -0.39 is 23.6 Å². The van der Waals surface area contributed by atoms with Crippen molar-refractivity contribution in [1.29, 1.82) is 0 Å². The van der Waals surface area contributed by atoms with E-state index in [1.807, 2.05) is 47.6 Å². The number of carbonyl (C=O) groups is 3. The molecule has 2 amide bonds. The SMILES string of the molecule is CC(C)=CCC(=O)N1C(=O)C(C(=O)CC(C)C)=C(O)[C@H]1CC=C(C)C. The second-order valence-electron chi connectivity index (χ2n) is 7.37. The quantitative estimate of drug-likeness (QED) is 0.560. The maximum absolute atomic E-state index is 12.7. The lowest BCUT2D eigenvalue weighted by atomic mass is 10.00. The van der Waals surface area contributed by atoms with E-state index in [9.17, 15) is 19.5 Å². The van der Waals surface area contributed by atoms with Gasteiger partial charge in [-0.15, -0.1) is 0 Å². The Balaban J connectivity index is 3.21. The normalized spacial score (nSPS) is 17.2. The molecule has 0 aromatic carbocycles. The molecule has 0 aromatic heterocycles. The number of hydrogen-bond donors (Lipinski definition) is 1. The van der Waals surface area contributed by atoms with E-state index in [0.717, 1.165) is 16.0 Å². The molecule has 0 saturated heterocycles. The Morgan fingerprint density at radius 2 is 1.68 bits per heavy atom. The highest BCUT2D eigenvalue weighted by molar-refractivity contribution is 6.24. The Hall–Kier alpha value is -2.17. The van der Waals surface area contributed by atoms with Gasteiger partial charge in [0.1, 0.15) is 17.4 Å². The predicted molar refractivity (Wildman–Crippen MR) is 97.9 cm³/mol. The standard InChI is InChI=1S/C20H29NO4/c1-12(2)7-9-15-19(24)18(16(22)11-14(5)6)20(25)21(15)17(23)10-8-13(3)4/h7-8,14-15,24H,9-11H2,1-6H3/t15-/m1/s1. The summed E-state index contributed by atoms with van der Waals surface area (Å²) in [4.78, 5) is 38.7. The Morgan fingerprint density at radius 3 is 2.16 bits per heavy atom. The number of Topliss-reactive ketones (excluding diaryl/α,β-unsaturated/α-hetero) is 1. The first-order chi connectivity index (χ1) is 11.6. The van der Waals surface area contributed by atoms with Crippen molar-refractivity contribution < 1.29 is 19.5 Å². The molecular weight excluding hydrogens is 318 g/mol. The molecule has 1 aliphatic rings. The van der Waals surface area contributed by atoms with Crippen molar-refractivity contribution >= 4 is 17.6 Å². The highest BCUT2D eigenvalue weighted by Gasteiger charge is 2.44. The smallest absolute Gasteiger partial charge is 0.268 e. The average Bonchev–Trinajstić information content (AvgIpc) is 2.72. The number of ketones is 1. The second-order valence-corrected chi connectivity index (χ2v) is 7.37. The molecule has 5 nitrogen and oxygen atoms in total. The van der Waals surface area contributed by atoms with Gasteiger partial charge in [-0.05, 0) is 40.0 Å². The molecule has 138 valence electrons. The van der Waals surface area contributed by atoms with Crippen molar-refractivity contribution in [3.05, 3.63) is 34.6 Å². The molecule has 1 N–H and O–H groups in total. The molecule has 1 rings (SSSR count). The van der Waals surface area contributed by atoms with Gasteiger partial charge in [0.2, 0.25) is 5.91 Å². The molecule has 0 saturated carbocycles. The fourth-order valence-corrected chi connectivity index (χ4v) is 2.64. The van der Waals surface area contributed by atoms with Crippen LogP contribution in [0, 0.1) is 5.92 Å². The van der Waals surface area contributed by atoms with Crippen LogP contribution in [0.5, 0.6) is 0 Å². The average molecular weight is 347 g/mol. The Bertz CT molecular complexity index is 645. The van der Waals surface area contributed by atoms with Crippen LogP contribution in [0.2, 0.25) is 0 Å². The van der Waals surface area contributed by atoms with Gasteiger partial charge in [0.05, 0.1) is 0 Å². The molecule has 25 heavy (non-hydrogen) atoms. The fourth-order valence-electron chi connectivity index (χ4n) is 2.64. The van der Waals surface area contributed by atoms with Crippen LogP contribution in [-0.4, -0.2) is 33.6 Å².